The number of phenols is 2. The molecule has 2 N–H and O–H groups in total. The molecule has 38 heavy (non-hydrogen) atoms. The first kappa shape index (κ1) is 23.3. The van der Waals surface area contributed by atoms with E-state index in [0.29, 0.717) is 11.1 Å². The summed E-state index contributed by atoms with van der Waals surface area (Å²) in [6, 6.07) is 15.0. The molecule has 2 aliphatic heterocycles. The van der Waals surface area contributed by atoms with E-state index in [1.54, 1.807) is 60.7 Å². The molecule has 2 atom stereocenters. The number of fused-ring (bicyclic) bond motifs is 2. The highest BCUT2D eigenvalue weighted by Crippen LogP contribution is 2.48. The van der Waals surface area contributed by atoms with Crippen molar-refractivity contribution in [1.29, 1.82) is 0 Å². The number of phenolic OH excluding ortho intramolecular Hbond substituents is 2. The van der Waals surface area contributed by atoms with Crippen molar-refractivity contribution in [2.75, 3.05) is 0 Å². The molecule has 2 aliphatic rings. The molecule has 0 bridgehead atoms. The van der Waals surface area contributed by atoms with Crippen LogP contribution < -0.4 is 0 Å². The third kappa shape index (κ3) is 3.34. The molecule has 10 nitrogen and oxygen atoms in total. The van der Waals surface area contributed by atoms with Crippen LogP contribution in [0.4, 0.5) is 0 Å². The summed E-state index contributed by atoms with van der Waals surface area (Å²) in [5.74, 6) is -3.80. The van der Waals surface area contributed by atoms with E-state index in [0.717, 1.165) is 9.80 Å². The van der Waals surface area contributed by atoms with Gasteiger partial charge in [0.15, 0.2) is 11.5 Å². The van der Waals surface area contributed by atoms with Gasteiger partial charge in [0.2, 0.25) is 11.8 Å². The number of hydrogen-bond donors (Lipinski definition) is 2. The highest BCUT2D eigenvalue weighted by molar-refractivity contribution is 6.26. The van der Waals surface area contributed by atoms with Crippen LogP contribution in [0.15, 0.2) is 73.1 Å². The lowest BCUT2D eigenvalue weighted by Gasteiger charge is -2.38. The molecule has 2 unspecified atom stereocenters. The average Bonchev–Trinajstić information content (AvgIpc) is 3.41. The number of benzene rings is 3. The van der Waals surface area contributed by atoms with Gasteiger partial charge in [-0.15, -0.1) is 0 Å². The molecule has 4 aromatic rings. The van der Waals surface area contributed by atoms with Gasteiger partial charge in [-0.25, -0.2) is 9.97 Å². The van der Waals surface area contributed by atoms with Crippen LogP contribution in [0, 0.1) is 0 Å². The van der Waals surface area contributed by atoms with Crippen LogP contribution >= 0.6 is 0 Å². The Morgan fingerprint density at radius 2 is 1.00 bits per heavy atom. The van der Waals surface area contributed by atoms with Crippen LogP contribution in [0.2, 0.25) is 0 Å². The summed E-state index contributed by atoms with van der Waals surface area (Å²) in [5, 5.41) is 21.9. The molecule has 4 amide bonds. The minimum absolute atomic E-state index is 0.0100. The lowest BCUT2D eigenvalue weighted by molar-refractivity contribution is -0.142. The van der Waals surface area contributed by atoms with Gasteiger partial charge in [0.25, 0.3) is 11.8 Å². The monoisotopic (exact) mass is 508 g/mol. The number of rotatable bonds is 5. The third-order valence-electron chi connectivity index (χ3n) is 6.96. The van der Waals surface area contributed by atoms with Crippen molar-refractivity contribution >= 4 is 34.7 Å². The van der Waals surface area contributed by atoms with Gasteiger partial charge in [-0.3, -0.25) is 29.0 Å². The Labute approximate surface area is 215 Å². The van der Waals surface area contributed by atoms with Crippen LogP contribution in [0.3, 0.4) is 0 Å². The molecule has 1 saturated heterocycles. The number of aromatic hydroxyl groups is 2. The first-order valence-electron chi connectivity index (χ1n) is 11.9. The first-order valence-corrected chi connectivity index (χ1v) is 11.9. The normalized spacial score (nSPS) is 16.8. The lowest BCUT2D eigenvalue weighted by Crippen LogP contribution is -2.45. The summed E-state index contributed by atoms with van der Waals surface area (Å²) >= 11 is 0. The summed E-state index contributed by atoms with van der Waals surface area (Å²) in [7, 11) is 0. The fourth-order valence-electron chi connectivity index (χ4n) is 5.31. The Hall–Kier alpha value is -5.12. The predicted octanol–water partition coefficient (Wildman–Crippen LogP) is 3.27. The van der Waals surface area contributed by atoms with E-state index in [2.05, 4.69) is 9.97 Å². The zero-order valence-corrected chi connectivity index (χ0v) is 19.8. The molecule has 3 heterocycles. The van der Waals surface area contributed by atoms with E-state index < -0.39 is 58.3 Å². The summed E-state index contributed by atoms with van der Waals surface area (Å²) in [4.78, 5) is 64.0. The van der Waals surface area contributed by atoms with Crippen molar-refractivity contribution in [2.45, 2.75) is 24.9 Å². The zero-order chi connectivity index (χ0) is 26.6. The Balaban J connectivity index is 1.61. The van der Waals surface area contributed by atoms with Gasteiger partial charge in [-0.05, 0) is 11.1 Å². The summed E-state index contributed by atoms with van der Waals surface area (Å²) in [6.07, 6.45) is 2.59. The van der Waals surface area contributed by atoms with Crippen molar-refractivity contribution < 1.29 is 29.4 Å². The van der Waals surface area contributed by atoms with Gasteiger partial charge < -0.3 is 10.2 Å². The molecule has 10 heteroatoms. The second kappa shape index (κ2) is 8.77. The van der Waals surface area contributed by atoms with Gasteiger partial charge in [0.1, 0.15) is 22.2 Å². The molecular formula is C28H20N4O6. The number of imide groups is 2. The maximum absolute atomic E-state index is 13.9. The zero-order valence-electron chi connectivity index (χ0n) is 19.8. The van der Waals surface area contributed by atoms with E-state index >= 15 is 0 Å². The highest BCUT2D eigenvalue weighted by Gasteiger charge is 2.51. The SMILES string of the molecule is O=C1CCC(=O)N1C(c1ccccc1)C(c1ccccc1)N1C(=O)c2c(c(O)c3nccnc3c2O)C1=O. The number of carbonyl (C=O) groups is 4. The molecule has 188 valence electrons. The number of aromatic nitrogens is 2. The van der Waals surface area contributed by atoms with Crippen LogP contribution in [0.25, 0.3) is 11.0 Å². The number of likely N-dealkylation sites (tertiary alicyclic amines) is 1. The summed E-state index contributed by atoms with van der Waals surface area (Å²) < 4.78 is 0. The first-order chi connectivity index (χ1) is 18.4. The maximum Gasteiger partial charge on any atom is 0.266 e. The molecule has 1 fully saturated rings. The fraction of sp³-hybridized carbons (Fsp3) is 0.143. The molecule has 0 aliphatic carbocycles. The van der Waals surface area contributed by atoms with Crippen molar-refractivity contribution in [3.8, 4) is 11.5 Å². The van der Waals surface area contributed by atoms with Crippen LogP contribution in [0.5, 0.6) is 11.5 Å². The molecule has 0 saturated carbocycles. The number of carbonyl (C=O) groups excluding carboxylic acids is 4. The third-order valence-corrected chi connectivity index (χ3v) is 6.96. The smallest absolute Gasteiger partial charge is 0.266 e. The van der Waals surface area contributed by atoms with E-state index in [1.165, 1.54) is 12.4 Å². The summed E-state index contributed by atoms with van der Waals surface area (Å²) in [6.45, 7) is 0. The van der Waals surface area contributed by atoms with Crippen LogP contribution in [-0.2, 0) is 9.59 Å². The maximum atomic E-state index is 13.9. The van der Waals surface area contributed by atoms with Gasteiger partial charge in [-0.1, -0.05) is 60.7 Å². The van der Waals surface area contributed by atoms with Crippen molar-refractivity contribution in [2.24, 2.45) is 0 Å². The number of amides is 4. The molecular weight excluding hydrogens is 488 g/mol. The van der Waals surface area contributed by atoms with Gasteiger partial charge >= 0.3 is 0 Å². The van der Waals surface area contributed by atoms with Crippen LogP contribution in [-0.4, -0.2) is 53.6 Å². The fourth-order valence-corrected chi connectivity index (χ4v) is 5.31. The molecule has 6 rings (SSSR count). The lowest BCUT2D eigenvalue weighted by atomic mass is 9.90. The van der Waals surface area contributed by atoms with Crippen molar-refractivity contribution in [1.82, 2.24) is 19.8 Å². The second-order valence-electron chi connectivity index (χ2n) is 9.05. The second-order valence-corrected chi connectivity index (χ2v) is 9.05. The van der Waals surface area contributed by atoms with Crippen molar-refractivity contribution in [3.05, 3.63) is 95.3 Å². The van der Waals surface area contributed by atoms with E-state index in [1.807, 2.05) is 0 Å². The molecule has 3 aromatic carbocycles. The van der Waals surface area contributed by atoms with E-state index in [-0.39, 0.29) is 23.9 Å². The Bertz CT molecular complexity index is 1560. The number of nitrogens with zero attached hydrogens (tertiary/aromatic N) is 4. The Morgan fingerprint density at radius 3 is 1.42 bits per heavy atom. The summed E-state index contributed by atoms with van der Waals surface area (Å²) in [5.41, 5.74) is -0.0775. The Kier molecular flexibility index (Phi) is 5.37. The molecule has 0 spiro atoms. The van der Waals surface area contributed by atoms with Gasteiger partial charge in [0.05, 0.1) is 12.1 Å². The predicted molar refractivity (Wildman–Crippen MR) is 133 cm³/mol. The Morgan fingerprint density at radius 1 is 0.605 bits per heavy atom. The minimum Gasteiger partial charge on any atom is -0.505 e. The van der Waals surface area contributed by atoms with Gasteiger partial charge in [-0.2, -0.15) is 0 Å². The van der Waals surface area contributed by atoms with E-state index in [9.17, 15) is 29.4 Å². The largest absolute Gasteiger partial charge is 0.505 e. The molecule has 1 aromatic heterocycles. The average molecular weight is 508 g/mol. The van der Waals surface area contributed by atoms with Gasteiger partial charge in [0, 0.05) is 25.2 Å². The minimum atomic E-state index is -1.17. The van der Waals surface area contributed by atoms with Crippen molar-refractivity contribution in [3.63, 3.8) is 0 Å². The van der Waals surface area contributed by atoms with Crippen LogP contribution in [0.1, 0.15) is 56.8 Å². The quantitative estimate of drug-likeness (QED) is 0.309. The van der Waals surface area contributed by atoms with E-state index in [4.69, 9.17) is 0 Å². The number of hydrogen-bond acceptors (Lipinski definition) is 8. The molecule has 0 radical (unpaired) electrons. The topological polar surface area (TPSA) is 141 Å². The standard InChI is InChI=1S/C28H20N4O6/c33-17-11-12-18(34)31(17)23(15-7-3-1-4-8-15)24(16-9-5-2-6-10-16)32-27(37)19-20(28(32)38)26(36)22-21(25(19)35)29-13-14-30-22/h1-10,13-14,23-24,35-36H,11-12H2. The highest BCUT2D eigenvalue weighted by atomic mass is 16.3.